The number of rotatable bonds is 5. The number of phenols is 1. The highest BCUT2D eigenvalue weighted by atomic mass is 19.1. The van der Waals surface area contributed by atoms with Crippen molar-refractivity contribution in [3.05, 3.63) is 58.9 Å². The molecule has 0 aromatic heterocycles. The number of carbonyl (C=O) groups is 1. The molecule has 6 nitrogen and oxygen atoms in total. The second kappa shape index (κ2) is 7.68. The average Bonchev–Trinajstić information content (AvgIpc) is 3.59. The highest BCUT2D eigenvalue weighted by Gasteiger charge is 2.73. The second-order valence-electron chi connectivity index (χ2n) is 11.7. The SMILES string of the molecule is CN(C(=O)Cc1cccc(F)c1)C1CC[C@@]2(O)[C@H]3Cc4ccc(O)c5c4[C@@]2(CCN3CC2CC2)C1O5. The van der Waals surface area contributed by atoms with Crippen LogP contribution in [0.15, 0.2) is 36.4 Å². The van der Waals surface area contributed by atoms with Crippen LogP contribution in [0, 0.1) is 11.7 Å². The summed E-state index contributed by atoms with van der Waals surface area (Å²) in [5, 5.41) is 23.4. The van der Waals surface area contributed by atoms with Gasteiger partial charge in [0.15, 0.2) is 11.5 Å². The molecule has 1 amide bonds. The lowest BCUT2D eigenvalue weighted by Crippen LogP contribution is -2.78. The molecule has 190 valence electrons. The Morgan fingerprint density at radius 3 is 2.83 bits per heavy atom. The number of likely N-dealkylation sites (tertiary alicyclic amines) is 1. The fourth-order valence-electron chi connectivity index (χ4n) is 7.98. The maximum absolute atomic E-state index is 13.7. The third-order valence-corrected chi connectivity index (χ3v) is 9.87. The van der Waals surface area contributed by atoms with Gasteiger partial charge in [-0.15, -0.1) is 0 Å². The Morgan fingerprint density at radius 1 is 1.22 bits per heavy atom. The van der Waals surface area contributed by atoms with E-state index in [0.29, 0.717) is 24.2 Å². The first-order valence-corrected chi connectivity index (χ1v) is 13.3. The number of carbonyl (C=O) groups excluding carboxylic acids is 1. The Bertz CT molecular complexity index is 1250. The monoisotopic (exact) mass is 492 g/mol. The molecule has 2 unspecified atom stereocenters. The van der Waals surface area contributed by atoms with Crippen molar-refractivity contribution in [1.29, 1.82) is 0 Å². The molecule has 3 fully saturated rings. The predicted octanol–water partition coefficient (Wildman–Crippen LogP) is 3.17. The molecule has 2 aromatic rings. The lowest BCUT2D eigenvalue weighted by atomic mass is 9.48. The van der Waals surface area contributed by atoms with Gasteiger partial charge in [-0.05, 0) is 80.3 Å². The van der Waals surface area contributed by atoms with Gasteiger partial charge in [-0.3, -0.25) is 9.69 Å². The van der Waals surface area contributed by atoms with Gasteiger partial charge in [-0.25, -0.2) is 4.39 Å². The number of amides is 1. The van der Waals surface area contributed by atoms with Crippen LogP contribution in [-0.4, -0.2) is 69.8 Å². The Balaban J connectivity index is 1.26. The topological polar surface area (TPSA) is 73.2 Å². The van der Waals surface area contributed by atoms with Crippen molar-refractivity contribution in [1.82, 2.24) is 9.80 Å². The van der Waals surface area contributed by atoms with Gasteiger partial charge < -0.3 is 19.8 Å². The number of aliphatic hydroxyl groups is 1. The summed E-state index contributed by atoms with van der Waals surface area (Å²) in [5.41, 5.74) is 1.12. The van der Waals surface area contributed by atoms with E-state index in [-0.39, 0.29) is 36.0 Å². The van der Waals surface area contributed by atoms with Crippen LogP contribution in [0.4, 0.5) is 4.39 Å². The molecule has 36 heavy (non-hydrogen) atoms. The van der Waals surface area contributed by atoms with Gasteiger partial charge >= 0.3 is 0 Å². The third kappa shape index (κ3) is 2.99. The van der Waals surface area contributed by atoms with Crippen molar-refractivity contribution in [2.45, 2.75) is 74.1 Å². The molecule has 2 aliphatic heterocycles. The van der Waals surface area contributed by atoms with Crippen molar-refractivity contribution in [3.63, 3.8) is 0 Å². The maximum Gasteiger partial charge on any atom is 0.227 e. The Morgan fingerprint density at radius 2 is 2.06 bits per heavy atom. The highest BCUT2D eigenvalue weighted by Crippen LogP contribution is 2.66. The van der Waals surface area contributed by atoms with E-state index in [1.807, 2.05) is 6.07 Å². The van der Waals surface area contributed by atoms with Crippen LogP contribution in [0.2, 0.25) is 0 Å². The molecule has 5 aliphatic rings. The number of nitrogens with zero attached hydrogens (tertiary/aromatic N) is 2. The first kappa shape index (κ1) is 22.5. The van der Waals surface area contributed by atoms with Crippen molar-refractivity contribution < 1.29 is 24.1 Å². The predicted molar refractivity (Wildman–Crippen MR) is 131 cm³/mol. The van der Waals surface area contributed by atoms with Crippen molar-refractivity contribution >= 4 is 5.91 Å². The summed E-state index contributed by atoms with van der Waals surface area (Å²) < 4.78 is 20.3. The molecule has 1 spiro atoms. The summed E-state index contributed by atoms with van der Waals surface area (Å²) in [6, 6.07) is 9.63. The molecule has 7 rings (SSSR count). The molecule has 0 radical (unpaired) electrons. The summed E-state index contributed by atoms with van der Waals surface area (Å²) in [5.74, 6) is 0.871. The van der Waals surface area contributed by atoms with Crippen LogP contribution in [0.25, 0.3) is 0 Å². The van der Waals surface area contributed by atoms with Crippen molar-refractivity contribution in [3.8, 4) is 11.5 Å². The van der Waals surface area contributed by atoms with Crippen molar-refractivity contribution in [2.75, 3.05) is 20.1 Å². The maximum atomic E-state index is 13.7. The van der Waals surface area contributed by atoms with E-state index in [9.17, 15) is 19.4 Å². The first-order valence-electron chi connectivity index (χ1n) is 13.3. The number of likely N-dealkylation sites (N-methyl/N-ethyl adjacent to an activating group) is 1. The zero-order valence-electron chi connectivity index (χ0n) is 20.6. The Hall–Kier alpha value is -2.64. The van der Waals surface area contributed by atoms with Gasteiger partial charge in [-0.2, -0.15) is 0 Å². The van der Waals surface area contributed by atoms with E-state index >= 15 is 0 Å². The number of hydrogen-bond acceptors (Lipinski definition) is 5. The minimum Gasteiger partial charge on any atom is -0.504 e. The smallest absolute Gasteiger partial charge is 0.227 e. The van der Waals surface area contributed by atoms with Gasteiger partial charge in [0, 0.05) is 25.2 Å². The highest BCUT2D eigenvalue weighted by molar-refractivity contribution is 5.79. The number of phenolic OH excluding ortho intramolecular Hbond substituents is 1. The number of piperidine rings is 1. The Kier molecular flexibility index (Phi) is 4.81. The molecular weight excluding hydrogens is 459 g/mol. The minimum atomic E-state index is -0.972. The molecule has 7 heteroatoms. The van der Waals surface area contributed by atoms with Gasteiger partial charge in [-0.1, -0.05) is 18.2 Å². The average molecular weight is 493 g/mol. The van der Waals surface area contributed by atoms with Gasteiger partial charge in [0.1, 0.15) is 11.9 Å². The zero-order valence-corrected chi connectivity index (χ0v) is 20.6. The lowest BCUT2D eigenvalue weighted by Gasteiger charge is -2.64. The van der Waals surface area contributed by atoms with Gasteiger partial charge in [0.2, 0.25) is 5.91 Å². The van der Waals surface area contributed by atoms with Crippen LogP contribution >= 0.6 is 0 Å². The number of ether oxygens (including phenoxy) is 1. The first-order chi connectivity index (χ1) is 17.3. The molecule has 2 bridgehead atoms. The van der Waals surface area contributed by atoms with E-state index in [4.69, 9.17) is 4.74 Å². The van der Waals surface area contributed by atoms with Crippen LogP contribution in [0.1, 0.15) is 48.8 Å². The largest absolute Gasteiger partial charge is 0.504 e. The van der Waals surface area contributed by atoms with E-state index in [1.165, 1.54) is 25.0 Å². The molecule has 2 saturated carbocycles. The summed E-state index contributed by atoms with van der Waals surface area (Å²) in [6.07, 6.45) is 4.90. The second-order valence-corrected chi connectivity index (χ2v) is 11.7. The van der Waals surface area contributed by atoms with Crippen LogP contribution in [0.5, 0.6) is 11.5 Å². The number of halogens is 1. The summed E-state index contributed by atoms with van der Waals surface area (Å²) in [6.45, 7) is 1.91. The molecule has 5 atom stereocenters. The Labute approximate surface area is 210 Å². The quantitative estimate of drug-likeness (QED) is 0.671. The fraction of sp³-hybridized carbons (Fsp3) is 0.552. The van der Waals surface area contributed by atoms with Crippen LogP contribution < -0.4 is 4.74 Å². The molecule has 3 aliphatic carbocycles. The van der Waals surface area contributed by atoms with Gasteiger partial charge in [0.25, 0.3) is 0 Å². The molecule has 2 N–H and O–H groups in total. The zero-order chi connectivity index (χ0) is 24.8. The molecule has 1 saturated heterocycles. The number of benzene rings is 2. The van der Waals surface area contributed by atoms with E-state index in [2.05, 4.69) is 4.90 Å². The summed E-state index contributed by atoms with van der Waals surface area (Å²) in [4.78, 5) is 17.6. The van der Waals surface area contributed by atoms with E-state index in [0.717, 1.165) is 43.0 Å². The summed E-state index contributed by atoms with van der Waals surface area (Å²) in [7, 11) is 1.79. The molecule has 2 heterocycles. The number of aromatic hydroxyl groups is 1. The fourth-order valence-corrected chi connectivity index (χ4v) is 7.98. The van der Waals surface area contributed by atoms with Crippen LogP contribution in [-0.2, 0) is 23.1 Å². The summed E-state index contributed by atoms with van der Waals surface area (Å²) >= 11 is 0. The number of hydrogen-bond donors (Lipinski definition) is 2. The minimum absolute atomic E-state index is 0.00944. The van der Waals surface area contributed by atoms with Gasteiger partial charge in [0.05, 0.1) is 23.5 Å². The standard InChI is InChI=1S/C29H33FN2O4/c1-31(24(34)14-18-3-2-4-20(30)13-18)21-9-10-29(35)23-15-19-7-8-22(33)26-25(19)28(29,27(21)36-26)11-12-32(23)16-17-5-6-17/h2-4,7-8,13,17,21,23,27,33,35H,5-6,9-12,14-16H2,1H3/t21?,23-,27?,28+,29-/m1/s1. The normalized spacial score (nSPS) is 34.1. The molecular formula is C29H33FN2O4. The van der Waals surface area contributed by atoms with Crippen LogP contribution in [0.3, 0.4) is 0 Å². The molecule has 2 aromatic carbocycles. The van der Waals surface area contributed by atoms with Crippen molar-refractivity contribution in [2.24, 2.45) is 5.92 Å². The third-order valence-electron chi connectivity index (χ3n) is 9.87. The lowest BCUT2D eigenvalue weighted by molar-refractivity contribution is -0.200. The van der Waals surface area contributed by atoms with E-state index < -0.39 is 17.1 Å². The van der Waals surface area contributed by atoms with E-state index in [1.54, 1.807) is 30.1 Å².